The van der Waals surface area contributed by atoms with Crippen LogP contribution in [-0.4, -0.2) is 28.6 Å². The Morgan fingerprint density at radius 1 is 1.09 bits per heavy atom. The molecule has 1 aromatic carbocycles. The van der Waals surface area contributed by atoms with Gasteiger partial charge >= 0.3 is 0 Å². The molecular formula is C17H19N3O3. The maximum atomic E-state index is 5.90. The van der Waals surface area contributed by atoms with Crippen LogP contribution in [0.3, 0.4) is 0 Å². The normalized spacial score (nSPS) is 10.8. The van der Waals surface area contributed by atoms with Crippen LogP contribution >= 0.6 is 0 Å². The zero-order valence-electron chi connectivity index (χ0n) is 13.7. The summed E-state index contributed by atoms with van der Waals surface area (Å²) in [7, 11) is 3.25. The molecule has 0 aliphatic rings. The fraction of sp³-hybridized carbons (Fsp3) is 0.294. The zero-order chi connectivity index (χ0) is 16.4. The standard InChI is InChI=1S/C17H19N3O3/c1-11-12(2)20-9-8-18-17(16(20)19-11)23-10-13-14(21-3)6-5-7-15(13)22-4/h5-9H,10H2,1-4H3. The van der Waals surface area contributed by atoms with Gasteiger partial charge in [0.25, 0.3) is 5.88 Å². The first kappa shape index (κ1) is 15.1. The number of ether oxygens (including phenoxy) is 3. The van der Waals surface area contributed by atoms with Gasteiger partial charge in [-0.3, -0.25) is 4.40 Å². The molecule has 0 aliphatic carbocycles. The van der Waals surface area contributed by atoms with Gasteiger partial charge in [0, 0.05) is 18.1 Å². The number of imidazole rings is 1. The number of rotatable bonds is 5. The smallest absolute Gasteiger partial charge is 0.258 e. The third-order valence-corrected chi connectivity index (χ3v) is 3.87. The molecule has 0 atom stereocenters. The van der Waals surface area contributed by atoms with Crippen molar-refractivity contribution >= 4 is 5.65 Å². The predicted octanol–water partition coefficient (Wildman–Crippen LogP) is 2.94. The van der Waals surface area contributed by atoms with Gasteiger partial charge in [-0.1, -0.05) is 6.07 Å². The predicted molar refractivity (Wildman–Crippen MR) is 86.3 cm³/mol. The number of aryl methyl sites for hydroxylation is 2. The molecule has 23 heavy (non-hydrogen) atoms. The van der Waals surface area contributed by atoms with Crippen LogP contribution < -0.4 is 14.2 Å². The van der Waals surface area contributed by atoms with Crippen LogP contribution in [0.4, 0.5) is 0 Å². The molecule has 0 saturated carbocycles. The topological polar surface area (TPSA) is 57.9 Å². The molecule has 3 rings (SSSR count). The van der Waals surface area contributed by atoms with Crippen molar-refractivity contribution < 1.29 is 14.2 Å². The van der Waals surface area contributed by atoms with Crippen LogP contribution in [0.2, 0.25) is 0 Å². The lowest BCUT2D eigenvalue weighted by molar-refractivity contribution is 0.278. The highest BCUT2D eigenvalue weighted by Crippen LogP contribution is 2.30. The Morgan fingerprint density at radius 3 is 2.43 bits per heavy atom. The molecule has 0 N–H and O–H groups in total. The molecule has 0 amide bonds. The number of hydrogen-bond donors (Lipinski definition) is 0. The summed E-state index contributed by atoms with van der Waals surface area (Å²) < 4.78 is 18.6. The molecule has 0 saturated heterocycles. The van der Waals surface area contributed by atoms with Crippen LogP contribution in [0, 0.1) is 13.8 Å². The van der Waals surface area contributed by atoms with E-state index in [0.717, 1.165) is 17.0 Å². The van der Waals surface area contributed by atoms with Crippen molar-refractivity contribution in [1.29, 1.82) is 0 Å². The lowest BCUT2D eigenvalue weighted by Gasteiger charge is -2.13. The van der Waals surface area contributed by atoms with Crippen molar-refractivity contribution in [2.45, 2.75) is 20.5 Å². The summed E-state index contributed by atoms with van der Waals surface area (Å²) in [6.45, 7) is 4.27. The van der Waals surface area contributed by atoms with E-state index < -0.39 is 0 Å². The second-order valence-electron chi connectivity index (χ2n) is 5.14. The molecule has 0 bridgehead atoms. The van der Waals surface area contributed by atoms with Crippen molar-refractivity contribution in [3.05, 3.63) is 47.5 Å². The first-order valence-corrected chi connectivity index (χ1v) is 7.28. The summed E-state index contributed by atoms with van der Waals surface area (Å²) in [6.07, 6.45) is 3.58. The van der Waals surface area contributed by atoms with E-state index >= 15 is 0 Å². The third kappa shape index (κ3) is 2.67. The highest BCUT2D eigenvalue weighted by atomic mass is 16.5. The van der Waals surface area contributed by atoms with E-state index in [1.807, 2.05) is 42.6 Å². The van der Waals surface area contributed by atoms with Crippen LogP contribution in [0.1, 0.15) is 17.0 Å². The van der Waals surface area contributed by atoms with Crippen molar-refractivity contribution in [1.82, 2.24) is 14.4 Å². The molecule has 3 aromatic rings. The molecule has 0 fully saturated rings. The fourth-order valence-electron chi connectivity index (χ4n) is 2.50. The minimum atomic E-state index is 0.283. The van der Waals surface area contributed by atoms with Gasteiger partial charge in [0.05, 0.1) is 25.5 Å². The zero-order valence-corrected chi connectivity index (χ0v) is 13.7. The molecule has 0 unspecified atom stereocenters. The van der Waals surface area contributed by atoms with Gasteiger partial charge in [-0.15, -0.1) is 0 Å². The van der Waals surface area contributed by atoms with Gasteiger partial charge in [-0.25, -0.2) is 9.97 Å². The highest BCUT2D eigenvalue weighted by molar-refractivity contribution is 5.52. The molecule has 0 aliphatic heterocycles. The number of nitrogens with zero attached hydrogens (tertiary/aromatic N) is 3. The number of aromatic nitrogens is 3. The van der Waals surface area contributed by atoms with E-state index in [1.54, 1.807) is 20.4 Å². The quantitative estimate of drug-likeness (QED) is 0.725. The Kier molecular flexibility index (Phi) is 4.06. The summed E-state index contributed by atoms with van der Waals surface area (Å²) >= 11 is 0. The minimum Gasteiger partial charge on any atom is -0.496 e. The SMILES string of the molecule is COc1cccc(OC)c1COc1nccn2c(C)c(C)nc12. The maximum Gasteiger partial charge on any atom is 0.258 e. The van der Waals surface area contributed by atoms with Crippen molar-refractivity contribution in [2.75, 3.05) is 14.2 Å². The Hall–Kier alpha value is -2.76. The second-order valence-corrected chi connectivity index (χ2v) is 5.14. The molecule has 0 radical (unpaired) electrons. The summed E-state index contributed by atoms with van der Waals surface area (Å²) in [5.41, 5.74) is 3.57. The summed E-state index contributed by atoms with van der Waals surface area (Å²) in [4.78, 5) is 8.82. The number of hydrogen-bond acceptors (Lipinski definition) is 5. The average molecular weight is 313 g/mol. The van der Waals surface area contributed by atoms with Crippen LogP contribution in [0.25, 0.3) is 5.65 Å². The Labute approximate surface area is 134 Å². The summed E-state index contributed by atoms with van der Waals surface area (Å²) in [5, 5.41) is 0. The van der Waals surface area contributed by atoms with Gasteiger partial charge in [-0.2, -0.15) is 0 Å². The molecule has 6 heteroatoms. The minimum absolute atomic E-state index is 0.283. The monoisotopic (exact) mass is 313 g/mol. The largest absolute Gasteiger partial charge is 0.496 e. The van der Waals surface area contributed by atoms with E-state index in [-0.39, 0.29) is 6.61 Å². The van der Waals surface area contributed by atoms with Crippen molar-refractivity contribution in [3.8, 4) is 17.4 Å². The highest BCUT2D eigenvalue weighted by Gasteiger charge is 2.14. The number of benzene rings is 1. The molecule has 6 nitrogen and oxygen atoms in total. The first-order chi connectivity index (χ1) is 11.2. The van der Waals surface area contributed by atoms with E-state index in [4.69, 9.17) is 14.2 Å². The van der Waals surface area contributed by atoms with E-state index in [0.29, 0.717) is 23.0 Å². The number of methoxy groups -OCH3 is 2. The Balaban J connectivity index is 1.94. The summed E-state index contributed by atoms with van der Waals surface area (Å²) in [5.74, 6) is 1.91. The number of fused-ring (bicyclic) bond motifs is 1. The van der Waals surface area contributed by atoms with Gasteiger partial charge in [0.15, 0.2) is 0 Å². The molecular weight excluding hydrogens is 294 g/mol. The lowest BCUT2D eigenvalue weighted by Crippen LogP contribution is -2.04. The van der Waals surface area contributed by atoms with Crippen molar-refractivity contribution in [3.63, 3.8) is 0 Å². The molecule has 0 spiro atoms. The average Bonchev–Trinajstić information content (AvgIpc) is 2.88. The lowest BCUT2D eigenvalue weighted by atomic mass is 10.2. The van der Waals surface area contributed by atoms with Gasteiger partial charge in [0.1, 0.15) is 18.1 Å². The Bertz CT molecular complexity index is 820. The second kappa shape index (κ2) is 6.16. The van der Waals surface area contributed by atoms with Crippen molar-refractivity contribution in [2.24, 2.45) is 0 Å². The molecule has 2 heterocycles. The molecule has 120 valence electrons. The third-order valence-electron chi connectivity index (χ3n) is 3.87. The molecule has 2 aromatic heterocycles. The van der Waals surface area contributed by atoms with Crippen LogP contribution in [0.5, 0.6) is 17.4 Å². The van der Waals surface area contributed by atoms with Gasteiger partial charge < -0.3 is 14.2 Å². The van der Waals surface area contributed by atoms with Gasteiger partial charge in [0.2, 0.25) is 5.65 Å². The Morgan fingerprint density at radius 2 is 1.78 bits per heavy atom. The maximum absolute atomic E-state index is 5.90. The van der Waals surface area contributed by atoms with E-state index in [2.05, 4.69) is 9.97 Å². The van der Waals surface area contributed by atoms with Gasteiger partial charge in [-0.05, 0) is 26.0 Å². The van der Waals surface area contributed by atoms with E-state index in [9.17, 15) is 0 Å². The summed E-state index contributed by atoms with van der Waals surface area (Å²) in [6, 6.07) is 5.62. The van der Waals surface area contributed by atoms with Crippen LogP contribution in [-0.2, 0) is 6.61 Å². The fourth-order valence-corrected chi connectivity index (χ4v) is 2.50. The van der Waals surface area contributed by atoms with Crippen LogP contribution in [0.15, 0.2) is 30.6 Å². The first-order valence-electron chi connectivity index (χ1n) is 7.28. The van der Waals surface area contributed by atoms with E-state index in [1.165, 1.54) is 0 Å².